The number of guanidine groups is 2. The summed E-state index contributed by atoms with van der Waals surface area (Å²) in [5.41, 5.74) is 21.0. The molecule has 0 bridgehead atoms. The van der Waals surface area contributed by atoms with Gasteiger partial charge in [-0.25, -0.2) is 0 Å². The Balaban J connectivity index is 4.76. The zero-order chi connectivity index (χ0) is 14.7. The van der Waals surface area contributed by atoms with Crippen LogP contribution in [0.2, 0.25) is 0 Å². The molecular weight excluding hydrogens is 252 g/mol. The maximum absolute atomic E-state index is 5.43. The number of nitrogens with zero attached hydrogens (tertiary/aromatic N) is 4. The first-order valence-corrected chi connectivity index (χ1v) is 5.36. The third kappa shape index (κ3) is 9.50. The van der Waals surface area contributed by atoms with Gasteiger partial charge < -0.3 is 32.4 Å². The highest BCUT2D eigenvalue weighted by molar-refractivity contribution is 6.32. The minimum Gasteiger partial charge on any atom is -0.382 e. The van der Waals surface area contributed by atoms with Crippen molar-refractivity contribution in [3.63, 3.8) is 0 Å². The molecule has 0 aliphatic carbocycles. The third-order valence-corrected chi connectivity index (χ3v) is 1.72. The lowest BCUT2D eigenvalue weighted by molar-refractivity contribution is 0.0560. The normalized spacial score (nSPS) is 13.3. The van der Waals surface area contributed by atoms with E-state index in [4.69, 9.17) is 32.4 Å². The van der Waals surface area contributed by atoms with Gasteiger partial charge in [0, 0.05) is 7.11 Å². The largest absolute Gasteiger partial charge is 0.382 e. The molecule has 0 aliphatic rings. The lowest BCUT2D eigenvalue weighted by Crippen LogP contribution is -2.26. The van der Waals surface area contributed by atoms with Crippen molar-refractivity contribution in [2.24, 2.45) is 43.3 Å². The minimum absolute atomic E-state index is 0.176. The molecule has 8 N–H and O–H groups in total. The Kier molecular flexibility index (Phi) is 8.66. The van der Waals surface area contributed by atoms with Gasteiger partial charge in [-0.1, -0.05) is 0 Å². The molecule has 0 radical (unpaired) electrons. The fourth-order valence-electron chi connectivity index (χ4n) is 0.876. The van der Waals surface area contributed by atoms with E-state index in [0.717, 1.165) is 0 Å². The Bertz CT molecular complexity index is 368. The van der Waals surface area contributed by atoms with Crippen molar-refractivity contribution in [3.05, 3.63) is 0 Å². The summed E-state index contributed by atoms with van der Waals surface area (Å²) < 4.78 is 10.3. The summed E-state index contributed by atoms with van der Waals surface area (Å²) >= 11 is 0. The maximum Gasteiger partial charge on any atom is 0.211 e. The van der Waals surface area contributed by atoms with Crippen LogP contribution in [0.1, 0.15) is 6.92 Å². The van der Waals surface area contributed by atoms with Gasteiger partial charge in [-0.3, -0.25) is 0 Å². The van der Waals surface area contributed by atoms with Crippen LogP contribution in [0.5, 0.6) is 0 Å². The van der Waals surface area contributed by atoms with Crippen LogP contribution in [-0.4, -0.2) is 50.3 Å². The van der Waals surface area contributed by atoms with Gasteiger partial charge in [0.1, 0.15) is 11.8 Å². The fourth-order valence-corrected chi connectivity index (χ4v) is 0.876. The zero-order valence-corrected chi connectivity index (χ0v) is 11.0. The highest BCUT2D eigenvalue weighted by atomic mass is 16.5. The van der Waals surface area contributed by atoms with Crippen molar-refractivity contribution in [2.45, 2.75) is 13.0 Å². The number of rotatable bonds is 8. The van der Waals surface area contributed by atoms with Gasteiger partial charge in [-0.15, -0.1) is 15.3 Å². The van der Waals surface area contributed by atoms with Gasteiger partial charge in [0.25, 0.3) is 0 Å². The lowest BCUT2D eigenvalue weighted by atomic mass is 10.2. The van der Waals surface area contributed by atoms with Gasteiger partial charge in [0.15, 0.2) is 0 Å². The van der Waals surface area contributed by atoms with Crippen LogP contribution in [0.15, 0.2) is 20.4 Å². The van der Waals surface area contributed by atoms with Crippen LogP contribution in [-0.2, 0) is 9.47 Å². The third-order valence-electron chi connectivity index (χ3n) is 1.72. The van der Waals surface area contributed by atoms with Crippen molar-refractivity contribution < 1.29 is 9.47 Å². The van der Waals surface area contributed by atoms with E-state index in [9.17, 15) is 0 Å². The highest BCUT2D eigenvalue weighted by Crippen LogP contribution is 1.95. The van der Waals surface area contributed by atoms with Crippen LogP contribution >= 0.6 is 0 Å². The molecule has 0 aromatic carbocycles. The van der Waals surface area contributed by atoms with Crippen molar-refractivity contribution in [1.29, 1.82) is 0 Å². The van der Waals surface area contributed by atoms with Gasteiger partial charge in [-0.05, 0) is 6.92 Å². The van der Waals surface area contributed by atoms with Crippen LogP contribution in [0, 0.1) is 0 Å². The monoisotopic (exact) mass is 272 g/mol. The molecule has 19 heavy (non-hydrogen) atoms. The zero-order valence-electron chi connectivity index (χ0n) is 11.0. The molecular formula is C9H20N8O2. The second kappa shape index (κ2) is 9.79. The Morgan fingerprint density at radius 1 is 1.05 bits per heavy atom. The maximum atomic E-state index is 5.43. The Morgan fingerprint density at radius 2 is 1.68 bits per heavy atom. The average molecular weight is 272 g/mol. The molecule has 0 rings (SSSR count). The summed E-state index contributed by atoms with van der Waals surface area (Å²) in [6, 6.07) is 0. The van der Waals surface area contributed by atoms with Crippen LogP contribution < -0.4 is 22.9 Å². The summed E-state index contributed by atoms with van der Waals surface area (Å²) in [6.45, 7) is 2.58. The summed E-state index contributed by atoms with van der Waals surface area (Å²) in [5.74, 6) is -0.359. The van der Waals surface area contributed by atoms with Crippen LogP contribution in [0.4, 0.5) is 0 Å². The smallest absolute Gasteiger partial charge is 0.211 e. The minimum atomic E-state index is -0.406. The predicted octanol–water partition coefficient (Wildman–Crippen LogP) is -2.07. The number of nitrogens with two attached hydrogens (primary N) is 4. The topological polar surface area (TPSA) is 172 Å². The molecule has 10 heteroatoms. The molecule has 0 saturated carbocycles. The second-order valence-electron chi connectivity index (χ2n) is 3.32. The standard InChI is InChI=1S/C9H20N8O2/c1-6(19-4-3-18-2)7(15-17-9(12)13)5-14-16-8(10)11/h5-6H,3-4H2,1-2H3,(H4,10,11,16)(H4,12,13,17). The predicted molar refractivity (Wildman–Crippen MR) is 74.8 cm³/mol. The number of ether oxygens (including phenoxy) is 2. The van der Waals surface area contributed by atoms with E-state index in [2.05, 4.69) is 20.4 Å². The fraction of sp³-hybridized carbons (Fsp3) is 0.556. The average Bonchev–Trinajstić information content (AvgIpc) is 2.32. The molecule has 1 atom stereocenters. The van der Waals surface area contributed by atoms with E-state index in [1.807, 2.05) is 0 Å². The second-order valence-corrected chi connectivity index (χ2v) is 3.32. The molecule has 0 fully saturated rings. The van der Waals surface area contributed by atoms with E-state index < -0.39 is 6.10 Å². The Labute approximate surface area is 111 Å². The van der Waals surface area contributed by atoms with E-state index >= 15 is 0 Å². The summed E-state index contributed by atoms with van der Waals surface area (Å²) in [7, 11) is 1.57. The van der Waals surface area contributed by atoms with Crippen molar-refractivity contribution in [1.82, 2.24) is 0 Å². The van der Waals surface area contributed by atoms with Gasteiger partial charge >= 0.3 is 0 Å². The number of methoxy groups -OCH3 is 1. The first-order valence-electron chi connectivity index (χ1n) is 5.36. The molecule has 0 amide bonds. The van der Waals surface area contributed by atoms with Gasteiger partial charge in [-0.2, -0.15) is 5.10 Å². The molecule has 0 heterocycles. The first kappa shape index (κ1) is 16.8. The molecule has 0 spiro atoms. The molecule has 10 nitrogen and oxygen atoms in total. The Hall–Kier alpha value is -2.20. The number of hydrogen-bond acceptors (Lipinski definition) is 6. The van der Waals surface area contributed by atoms with Crippen molar-refractivity contribution >= 4 is 23.8 Å². The van der Waals surface area contributed by atoms with Gasteiger partial charge in [0.2, 0.25) is 11.9 Å². The summed E-state index contributed by atoms with van der Waals surface area (Å²) in [4.78, 5) is 0. The quantitative estimate of drug-likeness (QED) is 0.171. The highest BCUT2D eigenvalue weighted by Gasteiger charge is 2.09. The first-order chi connectivity index (χ1) is 8.97. The van der Waals surface area contributed by atoms with Crippen molar-refractivity contribution in [2.75, 3.05) is 20.3 Å². The molecule has 0 aromatic heterocycles. The van der Waals surface area contributed by atoms with Gasteiger partial charge in [0.05, 0.1) is 19.4 Å². The van der Waals surface area contributed by atoms with E-state index in [1.54, 1.807) is 14.0 Å². The lowest BCUT2D eigenvalue weighted by Gasteiger charge is -2.11. The molecule has 0 aromatic rings. The summed E-state index contributed by atoms with van der Waals surface area (Å²) in [5, 5.41) is 14.4. The SMILES string of the molecule is COCCOC(C)C(C=NN=C(N)N)=NN=C(N)N. The van der Waals surface area contributed by atoms with Crippen LogP contribution in [0.25, 0.3) is 0 Å². The van der Waals surface area contributed by atoms with E-state index in [-0.39, 0.29) is 11.9 Å². The molecule has 108 valence electrons. The van der Waals surface area contributed by atoms with Crippen LogP contribution in [0.3, 0.4) is 0 Å². The number of hydrogen-bond donors (Lipinski definition) is 4. The van der Waals surface area contributed by atoms with Crippen molar-refractivity contribution in [3.8, 4) is 0 Å². The van der Waals surface area contributed by atoms with E-state index in [1.165, 1.54) is 6.21 Å². The molecule has 0 aliphatic heterocycles. The molecule has 0 saturated heterocycles. The van der Waals surface area contributed by atoms with E-state index in [0.29, 0.717) is 18.9 Å². The Morgan fingerprint density at radius 3 is 2.21 bits per heavy atom. The molecule has 1 unspecified atom stereocenters. The summed E-state index contributed by atoms with van der Waals surface area (Å²) in [6.07, 6.45) is 0.889.